The van der Waals surface area contributed by atoms with Crippen molar-refractivity contribution in [1.82, 2.24) is 14.5 Å². The number of carbonyl (C=O) groups is 1. The molecule has 2 heterocycles. The SMILES string of the molecule is N#Cc1ccc(Cn2cncc2CN2CCN(c3cccc(Cl)c3)C(=O)C2)cc1Oc1ccc2ccccc2c1. The molecule has 7 nitrogen and oxygen atoms in total. The highest BCUT2D eigenvalue weighted by molar-refractivity contribution is 6.30. The van der Waals surface area contributed by atoms with Gasteiger partial charge in [-0.05, 0) is 58.8 Å². The number of anilines is 1. The van der Waals surface area contributed by atoms with Crippen LogP contribution >= 0.6 is 11.6 Å². The Morgan fingerprint density at radius 3 is 2.62 bits per heavy atom. The van der Waals surface area contributed by atoms with Gasteiger partial charge in [-0.2, -0.15) is 5.26 Å². The topological polar surface area (TPSA) is 74.4 Å². The summed E-state index contributed by atoms with van der Waals surface area (Å²) in [6.07, 6.45) is 3.63. The minimum atomic E-state index is 0.0437. The van der Waals surface area contributed by atoms with Crippen LogP contribution in [0, 0.1) is 11.3 Å². The van der Waals surface area contributed by atoms with E-state index in [0.29, 0.717) is 48.3 Å². The fourth-order valence-corrected chi connectivity index (χ4v) is 5.21. The van der Waals surface area contributed by atoms with Crippen LogP contribution in [0.25, 0.3) is 10.8 Å². The summed E-state index contributed by atoms with van der Waals surface area (Å²) in [6, 6.07) is 29.2. The van der Waals surface area contributed by atoms with Crippen LogP contribution in [-0.2, 0) is 17.9 Å². The van der Waals surface area contributed by atoms with Gasteiger partial charge in [-0.15, -0.1) is 0 Å². The molecule has 0 N–H and O–H groups in total. The second-order valence-electron chi connectivity index (χ2n) is 9.80. The lowest BCUT2D eigenvalue weighted by atomic mass is 10.1. The zero-order valence-electron chi connectivity index (χ0n) is 21.7. The van der Waals surface area contributed by atoms with Crippen molar-refractivity contribution in [2.45, 2.75) is 13.1 Å². The van der Waals surface area contributed by atoms with Crippen molar-refractivity contribution < 1.29 is 9.53 Å². The van der Waals surface area contributed by atoms with E-state index in [4.69, 9.17) is 16.3 Å². The van der Waals surface area contributed by atoms with Gasteiger partial charge >= 0.3 is 0 Å². The number of hydrogen-bond acceptors (Lipinski definition) is 5. The second kappa shape index (κ2) is 11.2. The number of ether oxygens (including phenoxy) is 1. The molecule has 8 heteroatoms. The Kier molecular flexibility index (Phi) is 7.19. The zero-order chi connectivity index (χ0) is 27.5. The van der Waals surface area contributed by atoms with E-state index in [1.54, 1.807) is 23.4 Å². The molecule has 0 unspecified atom stereocenters. The predicted octanol–water partition coefficient (Wildman–Crippen LogP) is 6.25. The number of nitrogens with zero attached hydrogens (tertiary/aromatic N) is 5. The van der Waals surface area contributed by atoms with Crippen molar-refractivity contribution in [3.8, 4) is 17.6 Å². The summed E-state index contributed by atoms with van der Waals surface area (Å²) in [5, 5.41) is 12.5. The van der Waals surface area contributed by atoms with Crippen molar-refractivity contribution in [2.75, 3.05) is 24.5 Å². The summed E-state index contributed by atoms with van der Waals surface area (Å²) in [5.74, 6) is 1.24. The van der Waals surface area contributed by atoms with Crippen LogP contribution < -0.4 is 9.64 Å². The highest BCUT2D eigenvalue weighted by atomic mass is 35.5. The van der Waals surface area contributed by atoms with Crippen LogP contribution in [0.2, 0.25) is 5.02 Å². The Labute approximate surface area is 237 Å². The molecule has 1 saturated heterocycles. The number of aromatic nitrogens is 2. The summed E-state index contributed by atoms with van der Waals surface area (Å²) in [7, 11) is 0. The van der Waals surface area contributed by atoms with E-state index >= 15 is 0 Å². The summed E-state index contributed by atoms with van der Waals surface area (Å²) >= 11 is 6.13. The van der Waals surface area contributed by atoms with Crippen LogP contribution in [0.1, 0.15) is 16.8 Å². The third kappa shape index (κ3) is 5.55. The van der Waals surface area contributed by atoms with E-state index in [-0.39, 0.29) is 5.91 Å². The standard InChI is InChI=1S/C32H26ClN5O2/c33-27-6-3-7-28(16-27)38-13-12-36(21-32(38)39)20-29-18-35-22-37(29)19-23-8-9-26(17-34)31(14-23)40-30-11-10-24-4-1-2-5-25(24)15-30/h1-11,14-16,18,22H,12-13,19-21H2. The van der Waals surface area contributed by atoms with E-state index in [9.17, 15) is 10.1 Å². The molecule has 4 aromatic carbocycles. The number of piperazine rings is 1. The van der Waals surface area contributed by atoms with E-state index in [1.165, 1.54) is 0 Å². The first-order valence-electron chi connectivity index (χ1n) is 13.0. The van der Waals surface area contributed by atoms with Crippen molar-refractivity contribution >= 4 is 34.0 Å². The van der Waals surface area contributed by atoms with E-state index in [2.05, 4.69) is 26.6 Å². The second-order valence-corrected chi connectivity index (χ2v) is 10.2. The Morgan fingerprint density at radius 1 is 0.925 bits per heavy atom. The largest absolute Gasteiger partial charge is 0.456 e. The van der Waals surface area contributed by atoms with Gasteiger partial charge in [0.15, 0.2) is 0 Å². The molecule has 1 aromatic heterocycles. The lowest BCUT2D eigenvalue weighted by molar-refractivity contribution is -0.121. The molecule has 0 radical (unpaired) electrons. The van der Waals surface area contributed by atoms with Gasteiger partial charge < -0.3 is 14.2 Å². The Bertz CT molecular complexity index is 1740. The van der Waals surface area contributed by atoms with Crippen LogP contribution in [0.3, 0.4) is 0 Å². The third-order valence-corrected chi connectivity index (χ3v) is 7.31. The summed E-state index contributed by atoms with van der Waals surface area (Å²) < 4.78 is 8.24. The van der Waals surface area contributed by atoms with Gasteiger partial charge in [0.1, 0.15) is 17.6 Å². The molecule has 0 saturated carbocycles. The van der Waals surface area contributed by atoms with Crippen molar-refractivity contribution in [3.63, 3.8) is 0 Å². The Hall–Kier alpha value is -4.64. The van der Waals surface area contributed by atoms with Crippen LogP contribution in [0.5, 0.6) is 11.5 Å². The quantitative estimate of drug-likeness (QED) is 0.241. The van der Waals surface area contributed by atoms with Gasteiger partial charge in [-0.3, -0.25) is 9.69 Å². The zero-order valence-corrected chi connectivity index (χ0v) is 22.5. The number of halogens is 1. The maximum atomic E-state index is 12.9. The molecule has 0 spiro atoms. The molecule has 0 aliphatic carbocycles. The van der Waals surface area contributed by atoms with Crippen molar-refractivity contribution in [3.05, 3.63) is 119 Å². The molecule has 1 aliphatic heterocycles. The fraction of sp³-hybridized carbons (Fsp3) is 0.156. The lowest BCUT2D eigenvalue weighted by Gasteiger charge is -2.34. The summed E-state index contributed by atoms with van der Waals surface area (Å²) in [4.78, 5) is 21.2. The molecule has 1 amide bonds. The maximum Gasteiger partial charge on any atom is 0.241 e. The fourth-order valence-electron chi connectivity index (χ4n) is 5.02. The predicted molar refractivity (Wildman–Crippen MR) is 156 cm³/mol. The highest BCUT2D eigenvalue weighted by Gasteiger charge is 2.26. The van der Waals surface area contributed by atoms with Gasteiger partial charge in [0.2, 0.25) is 5.91 Å². The minimum absolute atomic E-state index is 0.0437. The average Bonchev–Trinajstić information content (AvgIpc) is 3.39. The first-order valence-corrected chi connectivity index (χ1v) is 13.4. The number of carbonyl (C=O) groups excluding carboxylic acids is 1. The van der Waals surface area contributed by atoms with Crippen LogP contribution in [-0.4, -0.2) is 40.0 Å². The van der Waals surface area contributed by atoms with Gasteiger partial charge in [0.25, 0.3) is 0 Å². The van der Waals surface area contributed by atoms with E-state index < -0.39 is 0 Å². The summed E-state index contributed by atoms with van der Waals surface area (Å²) in [6.45, 7) is 2.82. The molecule has 40 heavy (non-hydrogen) atoms. The third-order valence-electron chi connectivity index (χ3n) is 7.07. The van der Waals surface area contributed by atoms with E-state index in [0.717, 1.165) is 34.3 Å². The first-order chi connectivity index (χ1) is 19.6. The number of amides is 1. The normalized spacial score (nSPS) is 13.9. The van der Waals surface area contributed by atoms with E-state index in [1.807, 2.05) is 72.9 Å². The van der Waals surface area contributed by atoms with Crippen LogP contribution in [0.15, 0.2) is 97.5 Å². The number of benzene rings is 4. The smallest absolute Gasteiger partial charge is 0.241 e. The Balaban J connectivity index is 1.15. The molecule has 1 fully saturated rings. The minimum Gasteiger partial charge on any atom is -0.456 e. The molecule has 6 rings (SSSR count). The van der Waals surface area contributed by atoms with Crippen LogP contribution in [0.4, 0.5) is 5.69 Å². The number of imidazole rings is 1. The number of fused-ring (bicyclic) bond motifs is 1. The molecule has 198 valence electrons. The van der Waals surface area contributed by atoms with Gasteiger partial charge in [-0.1, -0.05) is 54.1 Å². The maximum absolute atomic E-state index is 12.9. The molecular weight excluding hydrogens is 522 g/mol. The summed E-state index contributed by atoms with van der Waals surface area (Å²) in [5.41, 5.74) is 3.28. The lowest BCUT2D eigenvalue weighted by Crippen LogP contribution is -2.50. The Morgan fingerprint density at radius 2 is 1.80 bits per heavy atom. The van der Waals surface area contributed by atoms with Gasteiger partial charge in [-0.25, -0.2) is 4.98 Å². The molecule has 5 aromatic rings. The van der Waals surface area contributed by atoms with Gasteiger partial charge in [0.05, 0.1) is 24.1 Å². The first kappa shape index (κ1) is 25.6. The van der Waals surface area contributed by atoms with Gasteiger partial charge in [0, 0.05) is 43.1 Å². The van der Waals surface area contributed by atoms with Crippen molar-refractivity contribution in [1.29, 1.82) is 5.26 Å². The number of rotatable bonds is 7. The molecule has 0 atom stereocenters. The number of nitriles is 1. The molecule has 1 aliphatic rings. The highest BCUT2D eigenvalue weighted by Crippen LogP contribution is 2.29. The monoisotopic (exact) mass is 547 g/mol. The average molecular weight is 548 g/mol. The molecular formula is C32H26ClN5O2. The van der Waals surface area contributed by atoms with Crippen molar-refractivity contribution in [2.24, 2.45) is 0 Å². The number of hydrogen-bond donors (Lipinski definition) is 0. The molecule has 0 bridgehead atoms.